The van der Waals surface area contributed by atoms with Crippen LogP contribution in [-0.2, 0) is 5.75 Å². The minimum Gasteiger partial charge on any atom is -0.384 e. The Bertz CT molecular complexity index is 673. The van der Waals surface area contributed by atoms with E-state index in [0.29, 0.717) is 16.5 Å². The first-order valence-electron chi connectivity index (χ1n) is 6.22. The molecule has 0 spiro atoms. The van der Waals surface area contributed by atoms with E-state index in [1.165, 1.54) is 11.8 Å². The van der Waals surface area contributed by atoms with Crippen molar-refractivity contribution in [3.8, 4) is 0 Å². The van der Waals surface area contributed by atoms with Gasteiger partial charge in [0.15, 0.2) is 5.16 Å². The third-order valence-electron chi connectivity index (χ3n) is 2.79. The van der Waals surface area contributed by atoms with Crippen molar-refractivity contribution < 1.29 is 0 Å². The van der Waals surface area contributed by atoms with Crippen molar-refractivity contribution in [3.05, 3.63) is 45.9 Å². The smallest absolute Gasteiger partial charge is 0.344 e. The SMILES string of the molecule is CC(C)n1c(SCc2cccc(C(=N)N)c2)n[nH]c1=O. The van der Waals surface area contributed by atoms with Crippen LogP contribution < -0.4 is 11.4 Å². The summed E-state index contributed by atoms with van der Waals surface area (Å²) in [4.78, 5) is 11.6. The second-order valence-electron chi connectivity index (χ2n) is 4.68. The fraction of sp³-hybridized carbons (Fsp3) is 0.308. The molecular formula is C13H17N5OS. The number of rotatable bonds is 5. The van der Waals surface area contributed by atoms with Gasteiger partial charge in [-0.2, -0.15) is 0 Å². The Labute approximate surface area is 120 Å². The molecule has 0 aliphatic carbocycles. The zero-order chi connectivity index (χ0) is 14.7. The Morgan fingerprint density at radius 3 is 2.95 bits per heavy atom. The van der Waals surface area contributed by atoms with Gasteiger partial charge in [0.2, 0.25) is 0 Å². The summed E-state index contributed by atoms with van der Waals surface area (Å²) in [5, 5.41) is 14.6. The lowest BCUT2D eigenvalue weighted by Crippen LogP contribution is -2.19. The zero-order valence-electron chi connectivity index (χ0n) is 11.4. The van der Waals surface area contributed by atoms with Crippen molar-refractivity contribution in [1.82, 2.24) is 14.8 Å². The van der Waals surface area contributed by atoms with Gasteiger partial charge in [0, 0.05) is 17.4 Å². The van der Waals surface area contributed by atoms with Crippen molar-refractivity contribution in [3.63, 3.8) is 0 Å². The fourth-order valence-electron chi connectivity index (χ4n) is 1.82. The van der Waals surface area contributed by atoms with E-state index in [9.17, 15) is 4.79 Å². The van der Waals surface area contributed by atoms with Crippen LogP contribution in [0.2, 0.25) is 0 Å². The third kappa shape index (κ3) is 3.11. The second kappa shape index (κ2) is 5.96. The highest BCUT2D eigenvalue weighted by Gasteiger charge is 2.11. The van der Waals surface area contributed by atoms with Crippen molar-refractivity contribution >= 4 is 17.6 Å². The van der Waals surface area contributed by atoms with Crippen LogP contribution in [0.5, 0.6) is 0 Å². The Kier molecular flexibility index (Phi) is 4.29. The lowest BCUT2D eigenvalue weighted by Gasteiger charge is -2.08. The summed E-state index contributed by atoms with van der Waals surface area (Å²) in [5.74, 6) is 0.716. The van der Waals surface area contributed by atoms with Crippen molar-refractivity contribution in [2.45, 2.75) is 30.8 Å². The third-order valence-corrected chi connectivity index (χ3v) is 3.82. The minimum absolute atomic E-state index is 0.0516. The van der Waals surface area contributed by atoms with Crippen LogP contribution in [0.25, 0.3) is 0 Å². The largest absolute Gasteiger partial charge is 0.384 e. The van der Waals surface area contributed by atoms with E-state index in [1.807, 2.05) is 32.0 Å². The molecule has 0 saturated carbocycles. The molecule has 0 radical (unpaired) electrons. The number of hydrogen-bond donors (Lipinski definition) is 3. The molecule has 7 heteroatoms. The van der Waals surface area contributed by atoms with E-state index < -0.39 is 0 Å². The van der Waals surface area contributed by atoms with Gasteiger partial charge in [-0.3, -0.25) is 9.98 Å². The molecule has 4 N–H and O–H groups in total. The average molecular weight is 291 g/mol. The van der Waals surface area contributed by atoms with E-state index in [1.54, 1.807) is 10.6 Å². The predicted molar refractivity (Wildman–Crippen MR) is 80.3 cm³/mol. The van der Waals surface area contributed by atoms with Crippen LogP contribution in [0.1, 0.15) is 31.0 Å². The Balaban J connectivity index is 2.15. The van der Waals surface area contributed by atoms with E-state index in [2.05, 4.69) is 10.2 Å². The van der Waals surface area contributed by atoms with E-state index in [4.69, 9.17) is 11.1 Å². The quantitative estimate of drug-likeness (QED) is 0.443. The van der Waals surface area contributed by atoms with Crippen molar-refractivity contribution in [2.75, 3.05) is 0 Å². The summed E-state index contributed by atoms with van der Waals surface area (Å²) in [6.45, 7) is 3.88. The lowest BCUT2D eigenvalue weighted by atomic mass is 10.1. The first-order valence-corrected chi connectivity index (χ1v) is 7.20. The highest BCUT2D eigenvalue weighted by Crippen LogP contribution is 2.22. The molecule has 1 aromatic carbocycles. The molecule has 0 saturated heterocycles. The first-order chi connectivity index (χ1) is 9.49. The summed E-state index contributed by atoms with van der Waals surface area (Å²) in [5.41, 5.74) is 7.01. The number of amidine groups is 1. The maximum atomic E-state index is 11.6. The molecule has 1 aromatic heterocycles. The Morgan fingerprint density at radius 1 is 1.55 bits per heavy atom. The van der Waals surface area contributed by atoms with Crippen molar-refractivity contribution in [2.24, 2.45) is 5.73 Å². The van der Waals surface area contributed by atoms with E-state index in [-0.39, 0.29) is 17.6 Å². The molecule has 0 unspecified atom stereocenters. The maximum absolute atomic E-state index is 11.6. The molecule has 106 valence electrons. The molecule has 1 heterocycles. The number of nitrogens with zero attached hydrogens (tertiary/aromatic N) is 2. The van der Waals surface area contributed by atoms with Crippen LogP contribution >= 0.6 is 11.8 Å². The zero-order valence-corrected chi connectivity index (χ0v) is 12.2. The summed E-state index contributed by atoms with van der Waals surface area (Å²) >= 11 is 1.48. The van der Waals surface area contributed by atoms with Crippen LogP contribution in [0.15, 0.2) is 34.2 Å². The number of benzene rings is 1. The molecule has 20 heavy (non-hydrogen) atoms. The van der Waals surface area contributed by atoms with Gasteiger partial charge in [0.25, 0.3) is 0 Å². The number of nitrogens with two attached hydrogens (primary N) is 1. The van der Waals surface area contributed by atoms with Crippen LogP contribution in [0.4, 0.5) is 0 Å². The molecule has 0 atom stereocenters. The van der Waals surface area contributed by atoms with E-state index >= 15 is 0 Å². The molecular weight excluding hydrogens is 274 g/mol. The highest BCUT2D eigenvalue weighted by atomic mass is 32.2. The molecule has 2 rings (SSSR count). The standard InChI is InChI=1S/C13H17N5OS/c1-8(2)18-12(19)16-17-13(18)20-7-9-4-3-5-10(6-9)11(14)15/h3-6,8H,7H2,1-2H3,(H3,14,15)(H,16,19). The number of nitrogen functional groups attached to an aromatic ring is 1. The average Bonchev–Trinajstić information content (AvgIpc) is 2.78. The van der Waals surface area contributed by atoms with Crippen molar-refractivity contribution in [1.29, 1.82) is 5.41 Å². The molecule has 6 nitrogen and oxygen atoms in total. The topological polar surface area (TPSA) is 101 Å². The van der Waals surface area contributed by atoms with Gasteiger partial charge in [0.05, 0.1) is 0 Å². The van der Waals surface area contributed by atoms with Gasteiger partial charge >= 0.3 is 5.69 Å². The van der Waals surface area contributed by atoms with Gasteiger partial charge in [-0.1, -0.05) is 30.0 Å². The monoisotopic (exact) mass is 291 g/mol. The summed E-state index contributed by atoms with van der Waals surface area (Å²) < 4.78 is 1.62. The summed E-state index contributed by atoms with van der Waals surface area (Å²) in [6.07, 6.45) is 0. The van der Waals surface area contributed by atoms with Gasteiger partial charge in [-0.25, -0.2) is 9.89 Å². The second-order valence-corrected chi connectivity index (χ2v) is 5.62. The van der Waals surface area contributed by atoms with Gasteiger partial charge < -0.3 is 5.73 Å². The van der Waals surface area contributed by atoms with Gasteiger partial charge in [-0.05, 0) is 25.5 Å². The molecule has 0 aliphatic heterocycles. The number of aromatic nitrogens is 3. The fourth-order valence-corrected chi connectivity index (χ4v) is 2.84. The number of hydrogen-bond acceptors (Lipinski definition) is 4. The van der Waals surface area contributed by atoms with Crippen LogP contribution in [0, 0.1) is 5.41 Å². The number of H-pyrrole nitrogens is 1. The first kappa shape index (κ1) is 14.4. The Morgan fingerprint density at radius 2 is 2.30 bits per heavy atom. The maximum Gasteiger partial charge on any atom is 0.344 e. The van der Waals surface area contributed by atoms with Gasteiger partial charge in [0.1, 0.15) is 5.84 Å². The normalized spacial score (nSPS) is 10.9. The minimum atomic E-state index is -0.194. The number of aromatic amines is 1. The highest BCUT2D eigenvalue weighted by molar-refractivity contribution is 7.98. The van der Waals surface area contributed by atoms with Crippen LogP contribution in [-0.4, -0.2) is 20.6 Å². The number of nitrogens with one attached hydrogen (secondary N) is 2. The Hall–Kier alpha value is -2.02. The summed E-state index contributed by atoms with van der Waals surface area (Å²) in [6, 6.07) is 7.57. The lowest BCUT2D eigenvalue weighted by molar-refractivity contribution is 0.534. The molecule has 0 fully saturated rings. The van der Waals surface area contributed by atoms with E-state index in [0.717, 1.165) is 5.56 Å². The summed E-state index contributed by atoms with van der Waals surface area (Å²) in [7, 11) is 0. The number of thioether (sulfide) groups is 1. The molecule has 2 aromatic rings. The molecule has 0 amide bonds. The molecule has 0 bridgehead atoms. The van der Waals surface area contributed by atoms with Gasteiger partial charge in [-0.15, -0.1) is 5.10 Å². The molecule has 0 aliphatic rings. The van der Waals surface area contributed by atoms with Crippen LogP contribution in [0.3, 0.4) is 0 Å². The predicted octanol–water partition coefficient (Wildman–Crippen LogP) is 1.73.